The summed E-state index contributed by atoms with van der Waals surface area (Å²) in [5.74, 6) is -0.275. The fraction of sp³-hybridized carbons (Fsp3) is 0.348. The number of hydrogen-bond acceptors (Lipinski definition) is 5. The quantitative estimate of drug-likeness (QED) is 0.497. The zero-order valence-electron chi connectivity index (χ0n) is 17.8. The molecule has 3 aromatic heterocycles. The zero-order chi connectivity index (χ0) is 21.5. The van der Waals surface area contributed by atoms with Crippen molar-refractivity contribution < 1.29 is 9.13 Å². The lowest BCUT2D eigenvalue weighted by Gasteiger charge is -2.35. The molecule has 3 heterocycles. The maximum absolute atomic E-state index is 14.9. The van der Waals surface area contributed by atoms with Gasteiger partial charge in [-0.15, -0.1) is 0 Å². The highest BCUT2D eigenvalue weighted by molar-refractivity contribution is 5.94. The minimum absolute atomic E-state index is 0.275. The highest BCUT2D eigenvalue weighted by Crippen LogP contribution is 2.33. The summed E-state index contributed by atoms with van der Waals surface area (Å²) in [6.07, 6.45) is 7.76. The van der Waals surface area contributed by atoms with E-state index in [1.165, 1.54) is 6.07 Å². The minimum atomic E-state index is -0.275. The lowest BCUT2D eigenvalue weighted by molar-refractivity contribution is 0.0170. The van der Waals surface area contributed by atoms with Gasteiger partial charge >= 0.3 is 0 Å². The van der Waals surface area contributed by atoms with Gasteiger partial charge in [0.1, 0.15) is 11.5 Å². The zero-order valence-corrected chi connectivity index (χ0v) is 17.8. The Morgan fingerprint density at radius 1 is 1.29 bits per heavy atom. The molecule has 0 aliphatic heterocycles. The number of pyridine rings is 1. The topological polar surface area (TPSA) is 80.6 Å². The Morgan fingerprint density at radius 2 is 2.13 bits per heavy atom. The number of hydrogen-bond donors (Lipinski definition) is 2. The number of nitrogens with zero attached hydrogens (tertiary/aromatic N) is 4. The second-order valence-corrected chi connectivity index (χ2v) is 8.20. The van der Waals surface area contributed by atoms with Crippen LogP contribution in [-0.2, 0) is 18.3 Å². The van der Waals surface area contributed by atoms with Crippen molar-refractivity contribution in [2.75, 3.05) is 7.11 Å². The number of ether oxygens (including phenoxy) is 1. The number of methoxy groups -OCH3 is 1. The second kappa shape index (κ2) is 7.86. The number of H-pyrrole nitrogens is 1. The van der Waals surface area contributed by atoms with Gasteiger partial charge in [0.25, 0.3) is 0 Å². The molecule has 0 radical (unpaired) electrons. The van der Waals surface area contributed by atoms with Crippen molar-refractivity contribution in [2.45, 2.75) is 38.5 Å². The van der Waals surface area contributed by atoms with Gasteiger partial charge in [0, 0.05) is 49.5 Å². The van der Waals surface area contributed by atoms with Gasteiger partial charge in [-0.3, -0.25) is 14.8 Å². The lowest BCUT2D eigenvalue weighted by atomic mass is 9.89. The van der Waals surface area contributed by atoms with Crippen LogP contribution in [0.4, 0.5) is 4.39 Å². The predicted octanol–water partition coefficient (Wildman–Crippen LogP) is 3.74. The monoisotopic (exact) mass is 420 g/mol. The lowest BCUT2D eigenvalue weighted by Crippen LogP contribution is -2.44. The third kappa shape index (κ3) is 3.62. The molecule has 0 unspecified atom stereocenters. The van der Waals surface area contributed by atoms with E-state index in [2.05, 4.69) is 25.6 Å². The summed E-state index contributed by atoms with van der Waals surface area (Å²) in [5, 5.41) is 16.1. The molecule has 0 atom stereocenters. The van der Waals surface area contributed by atoms with Crippen LogP contribution in [-0.4, -0.2) is 44.2 Å². The molecular formula is C23H25FN6O. The predicted molar refractivity (Wildman–Crippen MR) is 117 cm³/mol. The second-order valence-electron chi connectivity index (χ2n) is 8.20. The number of aromatic nitrogens is 5. The normalized spacial score (nSPS) is 18.5. The van der Waals surface area contributed by atoms with Crippen LogP contribution in [0, 0.1) is 12.7 Å². The maximum Gasteiger partial charge on any atom is 0.132 e. The molecule has 1 aliphatic rings. The first-order valence-corrected chi connectivity index (χ1v) is 10.4. The average Bonchev–Trinajstić information content (AvgIpc) is 3.34. The average molecular weight is 420 g/mol. The van der Waals surface area contributed by atoms with E-state index in [0.29, 0.717) is 29.9 Å². The Morgan fingerprint density at radius 3 is 2.87 bits per heavy atom. The summed E-state index contributed by atoms with van der Waals surface area (Å²) in [6.45, 7) is 2.65. The first-order chi connectivity index (χ1) is 15.0. The number of rotatable bonds is 6. The van der Waals surface area contributed by atoms with Crippen LogP contribution < -0.4 is 5.32 Å². The van der Waals surface area contributed by atoms with E-state index in [1.807, 2.05) is 32.3 Å². The van der Waals surface area contributed by atoms with E-state index in [9.17, 15) is 4.39 Å². The molecule has 1 aromatic carbocycles. The Hall–Kier alpha value is -3.10. The molecule has 0 saturated heterocycles. The van der Waals surface area contributed by atoms with Gasteiger partial charge in [0.15, 0.2) is 0 Å². The van der Waals surface area contributed by atoms with Crippen LogP contribution in [0.3, 0.4) is 0 Å². The Kier molecular flexibility index (Phi) is 5.03. The molecule has 4 aromatic rings. The van der Waals surface area contributed by atoms with E-state index < -0.39 is 0 Å². The van der Waals surface area contributed by atoms with Crippen molar-refractivity contribution >= 4 is 10.9 Å². The fourth-order valence-electron chi connectivity index (χ4n) is 4.22. The molecule has 2 N–H and O–H groups in total. The van der Waals surface area contributed by atoms with Crippen molar-refractivity contribution in [1.82, 2.24) is 30.3 Å². The van der Waals surface area contributed by atoms with Crippen molar-refractivity contribution in [3.05, 3.63) is 53.7 Å². The standard InChI is InChI=1S/C23H25FN6O/c1-13-14(9-25-16-6-17(7-16)31-3)4-5-19(24)22(13)20-8-18-21(11-26-20)28-29-23(18)15-10-27-30(2)12-15/h4-5,8,10-12,16-17,25H,6-7,9H2,1-3H3,(H,28,29)/t16-,17-. The van der Waals surface area contributed by atoms with Crippen molar-refractivity contribution in [2.24, 2.45) is 7.05 Å². The highest BCUT2D eigenvalue weighted by Gasteiger charge is 2.28. The Bertz CT molecular complexity index is 1240. The summed E-state index contributed by atoms with van der Waals surface area (Å²) >= 11 is 0. The highest BCUT2D eigenvalue weighted by atomic mass is 19.1. The number of benzene rings is 1. The number of fused-ring (bicyclic) bond motifs is 1. The van der Waals surface area contributed by atoms with Crippen LogP contribution >= 0.6 is 0 Å². The molecular weight excluding hydrogens is 395 g/mol. The summed E-state index contributed by atoms with van der Waals surface area (Å²) in [4.78, 5) is 4.53. The summed E-state index contributed by atoms with van der Waals surface area (Å²) in [5.41, 5.74) is 5.57. The fourth-order valence-corrected chi connectivity index (χ4v) is 4.22. The molecule has 0 spiro atoms. The number of halogens is 1. The van der Waals surface area contributed by atoms with E-state index in [1.54, 1.807) is 24.2 Å². The first kappa shape index (κ1) is 19.8. The van der Waals surface area contributed by atoms with Gasteiger partial charge in [0.05, 0.1) is 29.7 Å². The van der Waals surface area contributed by atoms with Gasteiger partial charge in [-0.25, -0.2) is 4.39 Å². The molecule has 160 valence electrons. The van der Waals surface area contributed by atoms with Crippen molar-refractivity contribution in [3.8, 4) is 22.5 Å². The van der Waals surface area contributed by atoms with Crippen LogP contribution in [0.15, 0.2) is 36.8 Å². The SMILES string of the molecule is CO[C@H]1C[C@H](NCc2ccc(F)c(-c3cc4c(-c5cnn(C)c5)n[nH]c4cn3)c2C)C1. The van der Waals surface area contributed by atoms with Gasteiger partial charge in [-0.1, -0.05) is 6.07 Å². The van der Waals surface area contributed by atoms with Gasteiger partial charge < -0.3 is 10.1 Å². The molecule has 1 aliphatic carbocycles. The first-order valence-electron chi connectivity index (χ1n) is 10.4. The molecule has 8 heteroatoms. The van der Waals surface area contributed by atoms with E-state index in [4.69, 9.17) is 4.74 Å². The van der Waals surface area contributed by atoms with E-state index >= 15 is 0 Å². The van der Waals surface area contributed by atoms with Crippen LogP contribution in [0.2, 0.25) is 0 Å². The molecule has 0 amide bonds. The molecule has 1 fully saturated rings. The Balaban J connectivity index is 1.48. The van der Waals surface area contributed by atoms with E-state index in [-0.39, 0.29) is 5.82 Å². The third-order valence-electron chi connectivity index (χ3n) is 6.22. The minimum Gasteiger partial charge on any atom is -0.381 e. The van der Waals surface area contributed by atoms with Gasteiger partial charge in [0.2, 0.25) is 0 Å². The van der Waals surface area contributed by atoms with Crippen molar-refractivity contribution in [1.29, 1.82) is 0 Å². The number of aryl methyl sites for hydroxylation is 1. The van der Waals surface area contributed by atoms with E-state index in [0.717, 1.165) is 46.1 Å². The smallest absolute Gasteiger partial charge is 0.132 e. The maximum atomic E-state index is 14.9. The molecule has 1 saturated carbocycles. The molecule has 0 bridgehead atoms. The third-order valence-corrected chi connectivity index (χ3v) is 6.22. The number of aromatic amines is 1. The van der Waals surface area contributed by atoms with Gasteiger partial charge in [-0.05, 0) is 43.0 Å². The largest absolute Gasteiger partial charge is 0.381 e. The van der Waals surface area contributed by atoms with Crippen LogP contribution in [0.5, 0.6) is 0 Å². The van der Waals surface area contributed by atoms with Crippen molar-refractivity contribution in [3.63, 3.8) is 0 Å². The Labute approximate surface area is 179 Å². The molecule has 31 heavy (non-hydrogen) atoms. The van der Waals surface area contributed by atoms with Crippen LogP contribution in [0.25, 0.3) is 33.4 Å². The molecule has 5 rings (SSSR count). The van der Waals surface area contributed by atoms with Crippen LogP contribution in [0.1, 0.15) is 24.0 Å². The summed E-state index contributed by atoms with van der Waals surface area (Å²) < 4.78 is 22.0. The van der Waals surface area contributed by atoms with Gasteiger partial charge in [-0.2, -0.15) is 10.2 Å². The molecule has 7 nitrogen and oxygen atoms in total. The number of nitrogens with one attached hydrogen (secondary N) is 2. The summed E-state index contributed by atoms with van der Waals surface area (Å²) in [7, 11) is 3.61. The summed E-state index contributed by atoms with van der Waals surface area (Å²) in [6, 6.07) is 5.73.